The van der Waals surface area contributed by atoms with Gasteiger partial charge in [0.15, 0.2) is 0 Å². The van der Waals surface area contributed by atoms with E-state index in [9.17, 15) is 14.4 Å². The third-order valence-corrected chi connectivity index (χ3v) is 5.56. The number of para-hydroxylation sites is 1. The molecule has 0 aliphatic heterocycles. The maximum Gasteiger partial charge on any atom is 0.250 e. The van der Waals surface area contributed by atoms with Gasteiger partial charge in [0.2, 0.25) is 11.8 Å². The van der Waals surface area contributed by atoms with Crippen molar-refractivity contribution in [3.63, 3.8) is 0 Å². The molecular formula is C23H29N3O3S. The van der Waals surface area contributed by atoms with E-state index < -0.39 is 5.91 Å². The SMILES string of the molecule is CCC(Sc1cccc(NC(=O)CC(C)(C)C)c1)C(=O)Nc1ccccc1C(N)=O. The van der Waals surface area contributed by atoms with E-state index >= 15 is 0 Å². The molecule has 0 aliphatic carbocycles. The Balaban J connectivity index is 2.08. The Kier molecular flexibility index (Phi) is 8.06. The smallest absolute Gasteiger partial charge is 0.250 e. The zero-order valence-corrected chi connectivity index (χ0v) is 18.6. The van der Waals surface area contributed by atoms with Crippen molar-refractivity contribution in [1.82, 2.24) is 0 Å². The van der Waals surface area contributed by atoms with Gasteiger partial charge in [0.25, 0.3) is 5.91 Å². The van der Waals surface area contributed by atoms with Crippen LogP contribution in [-0.2, 0) is 9.59 Å². The minimum absolute atomic E-state index is 0.0440. The predicted molar refractivity (Wildman–Crippen MR) is 123 cm³/mol. The lowest BCUT2D eigenvalue weighted by atomic mass is 9.92. The lowest BCUT2D eigenvalue weighted by molar-refractivity contribution is -0.118. The van der Waals surface area contributed by atoms with Crippen LogP contribution >= 0.6 is 11.8 Å². The number of nitrogens with two attached hydrogens (primary N) is 1. The molecule has 0 bridgehead atoms. The fourth-order valence-electron chi connectivity index (χ4n) is 2.84. The first-order chi connectivity index (χ1) is 14.1. The number of rotatable bonds is 8. The van der Waals surface area contributed by atoms with E-state index in [1.807, 2.05) is 52.0 Å². The molecule has 0 fully saturated rings. The number of hydrogen-bond donors (Lipinski definition) is 3. The second-order valence-corrected chi connectivity index (χ2v) is 9.50. The summed E-state index contributed by atoms with van der Waals surface area (Å²) in [4.78, 5) is 37.4. The Bertz CT molecular complexity index is 922. The van der Waals surface area contributed by atoms with Crippen molar-refractivity contribution in [3.8, 4) is 0 Å². The zero-order chi connectivity index (χ0) is 22.3. The Morgan fingerprint density at radius 1 is 1.03 bits per heavy atom. The summed E-state index contributed by atoms with van der Waals surface area (Å²) in [6.45, 7) is 7.96. The van der Waals surface area contributed by atoms with Gasteiger partial charge in [-0.1, -0.05) is 45.9 Å². The van der Waals surface area contributed by atoms with Gasteiger partial charge in [-0.05, 0) is 42.2 Å². The molecule has 4 N–H and O–H groups in total. The quantitative estimate of drug-likeness (QED) is 0.533. The van der Waals surface area contributed by atoms with Crippen molar-refractivity contribution < 1.29 is 14.4 Å². The minimum Gasteiger partial charge on any atom is -0.366 e. The van der Waals surface area contributed by atoms with Crippen LogP contribution in [0.1, 0.15) is 50.9 Å². The lowest BCUT2D eigenvalue weighted by Crippen LogP contribution is -2.26. The number of primary amides is 1. The normalized spacial score (nSPS) is 12.1. The van der Waals surface area contributed by atoms with Crippen LogP contribution in [0.2, 0.25) is 0 Å². The Labute approximate surface area is 182 Å². The number of carbonyl (C=O) groups excluding carboxylic acids is 3. The van der Waals surface area contributed by atoms with E-state index in [4.69, 9.17) is 5.73 Å². The van der Waals surface area contributed by atoms with Gasteiger partial charge >= 0.3 is 0 Å². The molecule has 0 saturated carbocycles. The molecule has 1 unspecified atom stereocenters. The molecule has 0 spiro atoms. The molecule has 30 heavy (non-hydrogen) atoms. The van der Waals surface area contributed by atoms with Crippen molar-refractivity contribution in [2.45, 2.75) is 50.7 Å². The molecule has 0 aliphatic rings. The molecule has 0 aromatic heterocycles. The fraction of sp³-hybridized carbons (Fsp3) is 0.348. The number of nitrogens with one attached hydrogen (secondary N) is 2. The van der Waals surface area contributed by atoms with Crippen molar-refractivity contribution in [1.29, 1.82) is 0 Å². The molecule has 7 heteroatoms. The summed E-state index contributed by atoms with van der Waals surface area (Å²) in [5.74, 6) is -0.846. The van der Waals surface area contributed by atoms with Crippen LogP contribution in [-0.4, -0.2) is 23.0 Å². The average Bonchev–Trinajstić information content (AvgIpc) is 2.65. The highest BCUT2D eigenvalue weighted by molar-refractivity contribution is 8.00. The van der Waals surface area contributed by atoms with Crippen molar-refractivity contribution in [2.75, 3.05) is 10.6 Å². The van der Waals surface area contributed by atoms with Crippen LogP contribution in [0, 0.1) is 5.41 Å². The van der Waals surface area contributed by atoms with Gasteiger partial charge in [-0.2, -0.15) is 0 Å². The van der Waals surface area contributed by atoms with Crippen LogP contribution < -0.4 is 16.4 Å². The molecule has 1 atom stereocenters. The zero-order valence-electron chi connectivity index (χ0n) is 17.8. The molecule has 6 nitrogen and oxygen atoms in total. The number of benzene rings is 2. The summed E-state index contributed by atoms with van der Waals surface area (Å²) in [6, 6.07) is 14.1. The minimum atomic E-state index is -0.592. The first kappa shape index (κ1) is 23.5. The van der Waals surface area contributed by atoms with Gasteiger partial charge in [-0.15, -0.1) is 11.8 Å². The van der Waals surface area contributed by atoms with E-state index in [1.54, 1.807) is 24.3 Å². The molecule has 0 radical (unpaired) electrons. The third-order valence-electron chi connectivity index (χ3n) is 4.20. The van der Waals surface area contributed by atoms with Gasteiger partial charge in [0, 0.05) is 17.0 Å². The summed E-state index contributed by atoms with van der Waals surface area (Å²) in [7, 11) is 0. The summed E-state index contributed by atoms with van der Waals surface area (Å²) >= 11 is 1.41. The molecule has 2 aromatic rings. The maximum atomic E-state index is 12.8. The largest absolute Gasteiger partial charge is 0.366 e. The Morgan fingerprint density at radius 3 is 2.37 bits per heavy atom. The molecule has 160 valence electrons. The number of anilines is 2. The van der Waals surface area contributed by atoms with E-state index in [0.29, 0.717) is 24.2 Å². The maximum absolute atomic E-state index is 12.8. The van der Waals surface area contributed by atoms with Crippen molar-refractivity contribution >= 4 is 40.9 Å². The highest BCUT2D eigenvalue weighted by Gasteiger charge is 2.20. The Morgan fingerprint density at radius 2 is 1.73 bits per heavy atom. The first-order valence-corrected chi connectivity index (χ1v) is 10.7. The third kappa shape index (κ3) is 7.22. The second kappa shape index (κ2) is 10.3. The first-order valence-electron chi connectivity index (χ1n) is 9.85. The van der Waals surface area contributed by atoms with Crippen molar-refractivity contribution in [2.24, 2.45) is 11.1 Å². The van der Waals surface area contributed by atoms with Crippen molar-refractivity contribution in [3.05, 3.63) is 54.1 Å². The van der Waals surface area contributed by atoms with Gasteiger partial charge < -0.3 is 16.4 Å². The average molecular weight is 428 g/mol. The summed E-state index contributed by atoms with van der Waals surface area (Å²) < 4.78 is 0. The van der Waals surface area contributed by atoms with E-state index in [0.717, 1.165) is 4.90 Å². The number of thioether (sulfide) groups is 1. The van der Waals surface area contributed by atoms with Gasteiger partial charge in [-0.3, -0.25) is 14.4 Å². The Hall–Kier alpha value is -2.80. The summed E-state index contributed by atoms with van der Waals surface area (Å²) in [5.41, 5.74) is 6.66. The number of carbonyl (C=O) groups is 3. The van der Waals surface area contributed by atoms with E-state index in [-0.39, 0.29) is 28.0 Å². The van der Waals surface area contributed by atoms with Gasteiger partial charge in [0.05, 0.1) is 16.5 Å². The highest BCUT2D eigenvalue weighted by atomic mass is 32.2. The summed E-state index contributed by atoms with van der Waals surface area (Å²) in [5, 5.41) is 5.35. The molecule has 0 saturated heterocycles. The summed E-state index contributed by atoms with van der Waals surface area (Å²) in [6.07, 6.45) is 1.01. The van der Waals surface area contributed by atoms with Gasteiger partial charge in [0.1, 0.15) is 0 Å². The van der Waals surface area contributed by atoms with Crippen LogP contribution in [0.4, 0.5) is 11.4 Å². The van der Waals surface area contributed by atoms with Crippen LogP contribution in [0.5, 0.6) is 0 Å². The van der Waals surface area contributed by atoms with E-state index in [2.05, 4.69) is 10.6 Å². The highest BCUT2D eigenvalue weighted by Crippen LogP contribution is 2.29. The predicted octanol–water partition coefficient (Wildman–Crippen LogP) is 4.67. The number of hydrogen-bond acceptors (Lipinski definition) is 4. The number of amides is 3. The standard InChI is InChI=1S/C23H29N3O3S/c1-5-19(22(29)26-18-12-7-6-11-17(18)21(24)28)30-16-10-8-9-15(13-16)25-20(27)14-23(2,3)4/h6-13,19H,5,14H2,1-4H3,(H2,24,28)(H,25,27)(H,26,29). The van der Waals surface area contributed by atoms with Crippen LogP contribution in [0.3, 0.4) is 0 Å². The molecule has 2 rings (SSSR count). The monoisotopic (exact) mass is 427 g/mol. The topological polar surface area (TPSA) is 101 Å². The molecular weight excluding hydrogens is 398 g/mol. The second-order valence-electron chi connectivity index (χ2n) is 8.23. The lowest BCUT2D eigenvalue weighted by Gasteiger charge is -2.18. The van der Waals surface area contributed by atoms with Gasteiger partial charge in [-0.25, -0.2) is 0 Å². The molecule has 2 aromatic carbocycles. The fourth-order valence-corrected chi connectivity index (χ4v) is 3.85. The molecule has 3 amide bonds. The molecule has 0 heterocycles. The van der Waals surface area contributed by atoms with Crippen LogP contribution in [0.15, 0.2) is 53.4 Å². The van der Waals surface area contributed by atoms with E-state index in [1.165, 1.54) is 11.8 Å². The van der Waals surface area contributed by atoms with Crippen LogP contribution in [0.25, 0.3) is 0 Å².